The molecule has 0 nitrogen and oxygen atoms in total. The van der Waals surface area contributed by atoms with Gasteiger partial charge in [-0.3, -0.25) is 0 Å². The van der Waals surface area contributed by atoms with Crippen molar-refractivity contribution in [3.8, 4) is 0 Å². The fourth-order valence-corrected chi connectivity index (χ4v) is 1.62. The van der Waals surface area contributed by atoms with Gasteiger partial charge in [0.2, 0.25) is 0 Å². The minimum Gasteiger partial charge on any atom is -0.208 e. The number of hydrogen-bond donors (Lipinski definition) is 0. The van der Waals surface area contributed by atoms with E-state index in [0.29, 0.717) is 0 Å². The summed E-state index contributed by atoms with van der Waals surface area (Å²) >= 11 is 0. The van der Waals surface area contributed by atoms with E-state index in [1.54, 1.807) is 18.2 Å². The van der Waals surface area contributed by atoms with Gasteiger partial charge in [0.05, 0.1) is 0 Å². The fraction of sp³-hybridized carbons (Fsp3) is 0.200. The van der Waals surface area contributed by atoms with Gasteiger partial charge in [-0.2, -0.15) is 0 Å². The van der Waals surface area contributed by atoms with Crippen molar-refractivity contribution in [2.24, 2.45) is 0 Å². The van der Waals surface area contributed by atoms with Crippen molar-refractivity contribution < 1.29 is 8.78 Å². The first-order valence-corrected chi connectivity index (χ1v) is 5.48. The lowest BCUT2D eigenvalue weighted by Crippen LogP contribution is -1.96. The van der Waals surface area contributed by atoms with Crippen molar-refractivity contribution in [2.75, 3.05) is 0 Å². The van der Waals surface area contributed by atoms with Gasteiger partial charge < -0.3 is 0 Å². The van der Waals surface area contributed by atoms with Gasteiger partial charge in [-0.05, 0) is 36.3 Å². The van der Waals surface area contributed by atoms with Crippen LogP contribution in [0.4, 0.5) is 8.78 Å². The van der Waals surface area contributed by atoms with E-state index < -0.39 is 5.83 Å². The molecule has 0 aliphatic carbocycles. The van der Waals surface area contributed by atoms with Crippen molar-refractivity contribution in [1.29, 1.82) is 0 Å². The zero-order valence-corrected chi connectivity index (χ0v) is 10.1. The van der Waals surface area contributed by atoms with Crippen LogP contribution in [0.5, 0.6) is 0 Å². The monoisotopic (exact) mass is 234 g/mol. The molecule has 2 heteroatoms. The van der Waals surface area contributed by atoms with Gasteiger partial charge in [0.15, 0.2) is 0 Å². The molecule has 1 unspecified atom stereocenters. The first-order valence-electron chi connectivity index (χ1n) is 5.48. The van der Waals surface area contributed by atoms with Crippen molar-refractivity contribution >= 4 is 0 Å². The Labute approximate surface area is 101 Å². The Hall–Kier alpha value is -1.70. The minimum absolute atomic E-state index is 0.0937. The lowest BCUT2D eigenvalue weighted by Gasteiger charge is -2.13. The summed E-state index contributed by atoms with van der Waals surface area (Å²) in [5, 5.41) is 0. The van der Waals surface area contributed by atoms with Crippen molar-refractivity contribution in [3.05, 3.63) is 71.9 Å². The number of benzene rings is 1. The molecule has 0 heterocycles. The Morgan fingerprint density at radius 1 is 1.24 bits per heavy atom. The summed E-state index contributed by atoms with van der Waals surface area (Å²) in [4.78, 5) is 0. The van der Waals surface area contributed by atoms with Gasteiger partial charge in [-0.25, -0.2) is 8.78 Å². The van der Waals surface area contributed by atoms with Crippen molar-refractivity contribution in [3.63, 3.8) is 0 Å². The second kappa shape index (κ2) is 6.14. The molecule has 0 N–H and O–H groups in total. The number of rotatable bonds is 4. The summed E-state index contributed by atoms with van der Waals surface area (Å²) in [5.41, 5.74) is 1.96. The molecule has 0 aliphatic heterocycles. The Morgan fingerprint density at radius 3 is 2.29 bits per heavy atom. The lowest BCUT2D eigenvalue weighted by molar-refractivity contribution is 0.626. The van der Waals surface area contributed by atoms with E-state index in [0.717, 1.165) is 11.1 Å². The van der Waals surface area contributed by atoms with Gasteiger partial charge >= 0.3 is 0 Å². The molecule has 0 bridgehead atoms. The van der Waals surface area contributed by atoms with Gasteiger partial charge in [0.1, 0.15) is 11.6 Å². The van der Waals surface area contributed by atoms with Crippen molar-refractivity contribution in [1.82, 2.24) is 0 Å². The predicted molar refractivity (Wildman–Crippen MR) is 68.0 cm³/mol. The molecule has 0 aromatic heterocycles. The average Bonchev–Trinajstić information content (AvgIpc) is 2.30. The van der Waals surface area contributed by atoms with Crippen LogP contribution in [0, 0.1) is 5.82 Å². The highest BCUT2D eigenvalue weighted by Crippen LogP contribution is 2.25. The standard InChI is InChI=1S/C15H16F2/c1-4-13(6-5-11(2)16)12(3)14-7-9-15(17)10-8-14/h4-10,12H,2H2,1,3H3/b6-5-,13-4+. The van der Waals surface area contributed by atoms with Gasteiger partial charge in [-0.15, -0.1) is 0 Å². The lowest BCUT2D eigenvalue weighted by atomic mass is 9.92. The Morgan fingerprint density at radius 2 is 1.82 bits per heavy atom. The summed E-state index contributed by atoms with van der Waals surface area (Å²) in [7, 11) is 0. The topological polar surface area (TPSA) is 0 Å². The molecule has 0 aliphatic rings. The maximum atomic E-state index is 12.8. The second-order valence-electron chi connectivity index (χ2n) is 3.84. The molecule has 1 aromatic carbocycles. The minimum atomic E-state index is -0.476. The summed E-state index contributed by atoms with van der Waals surface area (Å²) in [5.74, 6) is -0.637. The van der Waals surface area contributed by atoms with Crippen LogP contribution in [0.25, 0.3) is 0 Å². The van der Waals surface area contributed by atoms with Gasteiger partial charge in [0, 0.05) is 5.92 Å². The SMILES string of the molecule is C=C(F)/C=C\C(=C/C)C(C)c1ccc(F)cc1. The van der Waals surface area contributed by atoms with Crippen LogP contribution in [0.2, 0.25) is 0 Å². The van der Waals surface area contributed by atoms with E-state index in [2.05, 4.69) is 6.58 Å². The zero-order valence-electron chi connectivity index (χ0n) is 10.1. The van der Waals surface area contributed by atoms with E-state index in [9.17, 15) is 8.78 Å². The highest BCUT2D eigenvalue weighted by atomic mass is 19.1. The highest BCUT2D eigenvalue weighted by Gasteiger charge is 2.08. The Kier molecular flexibility index (Phi) is 4.83. The smallest absolute Gasteiger partial charge is 0.123 e. The van der Waals surface area contributed by atoms with E-state index in [1.807, 2.05) is 19.9 Å². The molecule has 1 aromatic rings. The van der Waals surface area contributed by atoms with Crippen LogP contribution in [0.15, 0.2) is 60.5 Å². The molecule has 17 heavy (non-hydrogen) atoms. The molecule has 1 rings (SSSR count). The van der Waals surface area contributed by atoms with E-state index in [1.165, 1.54) is 18.2 Å². The van der Waals surface area contributed by atoms with Gasteiger partial charge in [-0.1, -0.05) is 37.8 Å². The molecule has 0 spiro atoms. The molecule has 0 fully saturated rings. The molecule has 1 atom stereocenters. The molecule has 90 valence electrons. The Bertz CT molecular complexity index is 438. The van der Waals surface area contributed by atoms with Crippen LogP contribution in [0.3, 0.4) is 0 Å². The number of allylic oxidation sites excluding steroid dienone is 5. The third-order valence-electron chi connectivity index (χ3n) is 2.66. The van der Waals surface area contributed by atoms with Crippen LogP contribution < -0.4 is 0 Å². The van der Waals surface area contributed by atoms with Crippen LogP contribution in [-0.4, -0.2) is 0 Å². The first-order chi connectivity index (χ1) is 8.04. The molecule has 0 radical (unpaired) electrons. The second-order valence-corrected chi connectivity index (χ2v) is 3.84. The quantitative estimate of drug-likeness (QED) is 0.649. The highest BCUT2D eigenvalue weighted by molar-refractivity contribution is 5.35. The van der Waals surface area contributed by atoms with Gasteiger partial charge in [0.25, 0.3) is 0 Å². The molecular formula is C15H16F2. The molecular weight excluding hydrogens is 218 g/mol. The average molecular weight is 234 g/mol. The maximum absolute atomic E-state index is 12.8. The fourth-order valence-electron chi connectivity index (χ4n) is 1.62. The van der Waals surface area contributed by atoms with E-state index in [4.69, 9.17) is 0 Å². The summed E-state index contributed by atoms with van der Waals surface area (Å²) in [6.45, 7) is 7.06. The van der Waals surface area contributed by atoms with Crippen molar-refractivity contribution in [2.45, 2.75) is 19.8 Å². The number of halogens is 2. The third kappa shape index (κ3) is 3.99. The number of hydrogen-bond acceptors (Lipinski definition) is 0. The largest absolute Gasteiger partial charge is 0.208 e. The summed E-state index contributed by atoms with van der Waals surface area (Å²) in [6.07, 6.45) is 4.93. The Balaban J connectivity index is 2.90. The molecule has 0 amide bonds. The summed E-state index contributed by atoms with van der Waals surface area (Å²) in [6, 6.07) is 6.33. The van der Waals surface area contributed by atoms with E-state index >= 15 is 0 Å². The van der Waals surface area contributed by atoms with Crippen LogP contribution in [-0.2, 0) is 0 Å². The molecule has 0 saturated carbocycles. The first kappa shape index (κ1) is 13.4. The molecule has 0 saturated heterocycles. The maximum Gasteiger partial charge on any atom is 0.123 e. The zero-order chi connectivity index (χ0) is 12.8. The van der Waals surface area contributed by atoms with Crippen LogP contribution >= 0.6 is 0 Å². The summed E-state index contributed by atoms with van der Waals surface area (Å²) < 4.78 is 25.4. The van der Waals surface area contributed by atoms with E-state index in [-0.39, 0.29) is 11.7 Å². The normalized spacial score (nSPS) is 14.0. The third-order valence-corrected chi connectivity index (χ3v) is 2.66. The predicted octanol–water partition coefficient (Wildman–Crippen LogP) is 4.91. The van der Waals surface area contributed by atoms with Crippen LogP contribution in [0.1, 0.15) is 25.3 Å².